The molecule has 0 atom stereocenters. The fraction of sp³-hybridized carbons (Fsp3) is 0.650. The van der Waals surface area contributed by atoms with Crippen molar-refractivity contribution in [1.82, 2.24) is 25.4 Å². The van der Waals surface area contributed by atoms with Crippen LogP contribution < -0.4 is 10.6 Å². The van der Waals surface area contributed by atoms with E-state index >= 15 is 0 Å². The molecule has 0 spiro atoms. The molecule has 0 aromatic carbocycles. The Hall–Kier alpha value is -2.35. The van der Waals surface area contributed by atoms with Crippen LogP contribution in [0.25, 0.3) is 0 Å². The van der Waals surface area contributed by atoms with Gasteiger partial charge < -0.3 is 20.3 Å². The lowest BCUT2D eigenvalue weighted by Gasteiger charge is -2.35. The zero-order valence-electron chi connectivity index (χ0n) is 17.6. The van der Waals surface area contributed by atoms with Crippen LogP contribution in [0, 0.1) is 0 Å². The van der Waals surface area contributed by atoms with Gasteiger partial charge in [-0.3, -0.25) is 14.9 Å². The number of carbonyl (C=O) groups is 1. The van der Waals surface area contributed by atoms with E-state index < -0.39 is 5.60 Å². The molecule has 8 nitrogen and oxygen atoms in total. The predicted octanol–water partition coefficient (Wildman–Crippen LogP) is 1.69. The van der Waals surface area contributed by atoms with Gasteiger partial charge in [-0.15, -0.1) is 0 Å². The number of nitrogens with zero attached hydrogens (tertiary/aromatic N) is 4. The minimum Gasteiger partial charge on any atom is -0.444 e. The second-order valence-electron chi connectivity index (χ2n) is 7.84. The molecule has 1 saturated heterocycles. The Morgan fingerprint density at radius 1 is 1.21 bits per heavy atom. The van der Waals surface area contributed by atoms with E-state index in [2.05, 4.69) is 25.5 Å². The van der Waals surface area contributed by atoms with Crippen LogP contribution >= 0.6 is 0 Å². The van der Waals surface area contributed by atoms with Crippen molar-refractivity contribution in [3.63, 3.8) is 0 Å². The molecule has 1 aliphatic rings. The molecule has 2 N–H and O–H groups in total. The number of hydrogen-bond acceptors (Lipinski definition) is 5. The van der Waals surface area contributed by atoms with Crippen molar-refractivity contribution >= 4 is 12.1 Å². The minimum atomic E-state index is -0.441. The van der Waals surface area contributed by atoms with Gasteiger partial charge in [0.1, 0.15) is 5.60 Å². The van der Waals surface area contributed by atoms with E-state index in [1.165, 1.54) is 0 Å². The Kier molecular flexibility index (Phi) is 8.50. The van der Waals surface area contributed by atoms with Gasteiger partial charge in [0.05, 0.1) is 12.2 Å². The van der Waals surface area contributed by atoms with Crippen LogP contribution in [0.1, 0.15) is 32.9 Å². The Morgan fingerprint density at radius 2 is 1.96 bits per heavy atom. The molecule has 2 rings (SSSR count). The third-order valence-corrected chi connectivity index (χ3v) is 4.35. The molecule has 8 heteroatoms. The number of amides is 1. The molecule has 2 heterocycles. The summed E-state index contributed by atoms with van der Waals surface area (Å²) < 4.78 is 5.44. The molecule has 0 saturated carbocycles. The van der Waals surface area contributed by atoms with Crippen LogP contribution in [0.4, 0.5) is 4.79 Å². The Morgan fingerprint density at radius 3 is 2.57 bits per heavy atom. The third kappa shape index (κ3) is 8.12. The topological polar surface area (TPSA) is 82.1 Å². The quantitative estimate of drug-likeness (QED) is 0.437. The molecule has 1 aromatic heterocycles. The first-order valence-electron chi connectivity index (χ1n) is 9.92. The molecule has 0 bridgehead atoms. The van der Waals surface area contributed by atoms with E-state index in [0.717, 1.165) is 57.3 Å². The summed E-state index contributed by atoms with van der Waals surface area (Å²) in [6.45, 7) is 11.4. The second kappa shape index (κ2) is 10.8. The number of aromatic nitrogens is 1. The molecule has 0 aliphatic carbocycles. The monoisotopic (exact) mass is 390 g/mol. The number of aliphatic imine (C=N–C) groups is 1. The lowest BCUT2D eigenvalue weighted by molar-refractivity contribution is 0.0145. The maximum absolute atomic E-state index is 12.1. The van der Waals surface area contributed by atoms with Crippen LogP contribution in [0.15, 0.2) is 29.4 Å². The summed E-state index contributed by atoms with van der Waals surface area (Å²) in [6.07, 6.45) is 2.59. The van der Waals surface area contributed by atoms with Crippen molar-refractivity contribution < 1.29 is 9.53 Å². The van der Waals surface area contributed by atoms with Crippen LogP contribution in [0.2, 0.25) is 0 Å². The Labute approximate surface area is 168 Å². The van der Waals surface area contributed by atoms with Crippen molar-refractivity contribution in [3.8, 4) is 0 Å². The highest BCUT2D eigenvalue weighted by Gasteiger charge is 2.25. The summed E-state index contributed by atoms with van der Waals surface area (Å²) in [5.41, 5.74) is 0.538. The maximum Gasteiger partial charge on any atom is 0.410 e. The Bertz CT molecular complexity index is 621. The molecule has 1 aliphatic heterocycles. The average Bonchev–Trinajstić information content (AvgIpc) is 2.67. The molecular weight excluding hydrogens is 356 g/mol. The number of hydrogen-bond donors (Lipinski definition) is 2. The van der Waals surface area contributed by atoms with Gasteiger partial charge in [-0.05, 0) is 45.9 Å². The first kappa shape index (κ1) is 21.9. The lowest BCUT2D eigenvalue weighted by atomic mass is 10.2. The van der Waals surface area contributed by atoms with Crippen LogP contribution in [0.3, 0.4) is 0 Å². The highest BCUT2D eigenvalue weighted by molar-refractivity contribution is 5.79. The molecule has 28 heavy (non-hydrogen) atoms. The van der Waals surface area contributed by atoms with Crippen molar-refractivity contribution in [3.05, 3.63) is 30.1 Å². The number of pyridine rings is 1. The summed E-state index contributed by atoms with van der Waals surface area (Å²) in [7, 11) is 1.77. The van der Waals surface area contributed by atoms with Gasteiger partial charge in [-0.25, -0.2) is 4.79 Å². The van der Waals surface area contributed by atoms with E-state index in [1.807, 2.05) is 39.0 Å². The number of rotatable bonds is 6. The van der Waals surface area contributed by atoms with Gasteiger partial charge in [0.2, 0.25) is 0 Å². The lowest BCUT2D eigenvalue weighted by Crippen LogP contribution is -2.50. The zero-order chi connectivity index (χ0) is 20.4. The largest absolute Gasteiger partial charge is 0.444 e. The van der Waals surface area contributed by atoms with Gasteiger partial charge in [-0.2, -0.15) is 0 Å². The van der Waals surface area contributed by atoms with Gasteiger partial charge in [0.25, 0.3) is 0 Å². The van der Waals surface area contributed by atoms with Crippen molar-refractivity contribution in [2.75, 3.05) is 46.3 Å². The van der Waals surface area contributed by atoms with Gasteiger partial charge in [-0.1, -0.05) is 6.07 Å². The molecule has 156 valence electrons. The number of nitrogens with one attached hydrogen (secondary N) is 2. The highest BCUT2D eigenvalue weighted by atomic mass is 16.6. The van der Waals surface area contributed by atoms with Gasteiger partial charge >= 0.3 is 6.09 Å². The predicted molar refractivity (Wildman–Crippen MR) is 111 cm³/mol. The van der Waals surface area contributed by atoms with E-state index in [9.17, 15) is 4.79 Å². The fourth-order valence-corrected chi connectivity index (χ4v) is 2.89. The Balaban J connectivity index is 1.59. The fourth-order valence-electron chi connectivity index (χ4n) is 2.89. The van der Waals surface area contributed by atoms with E-state index in [1.54, 1.807) is 18.1 Å². The minimum absolute atomic E-state index is 0.211. The smallest absolute Gasteiger partial charge is 0.410 e. The molecule has 0 radical (unpaired) electrons. The zero-order valence-corrected chi connectivity index (χ0v) is 17.6. The molecule has 1 aromatic rings. The standard InChI is InChI=1S/C20H34N6O2/c1-20(2,3)28-19(27)26-14-12-25(13-15-26)11-7-10-23-18(21-4)24-16-17-8-5-6-9-22-17/h5-6,8-9H,7,10-16H2,1-4H3,(H2,21,23,24). The first-order chi connectivity index (χ1) is 13.4. The van der Waals surface area contributed by atoms with E-state index in [0.29, 0.717) is 6.54 Å². The van der Waals surface area contributed by atoms with Crippen LogP contribution in [-0.2, 0) is 11.3 Å². The van der Waals surface area contributed by atoms with Gasteiger partial charge in [0.15, 0.2) is 5.96 Å². The summed E-state index contributed by atoms with van der Waals surface area (Å²) in [6, 6.07) is 5.86. The summed E-state index contributed by atoms with van der Waals surface area (Å²) >= 11 is 0. The van der Waals surface area contributed by atoms with Crippen LogP contribution in [-0.4, -0.2) is 78.8 Å². The maximum atomic E-state index is 12.1. The normalized spacial score (nSPS) is 16.0. The molecule has 1 fully saturated rings. The van der Waals surface area contributed by atoms with E-state index in [-0.39, 0.29) is 6.09 Å². The molecular formula is C20H34N6O2. The number of piperazine rings is 1. The van der Waals surface area contributed by atoms with Gasteiger partial charge in [0, 0.05) is 46.0 Å². The third-order valence-electron chi connectivity index (χ3n) is 4.35. The number of carbonyl (C=O) groups excluding carboxylic acids is 1. The van der Waals surface area contributed by atoms with Crippen molar-refractivity contribution in [1.29, 1.82) is 0 Å². The average molecular weight is 391 g/mol. The number of ether oxygens (including phenoxy) is 1. The SMILES string of the molecule is CN=C(NCCCN1CCN(C(=O)OC(C)(C)C)CC1)NCc1ccccn1. The highest BCUT2D eigenvalue weighted by Crippen LogP contribution is 2.11. The molecule has 1 amide bonds. The summed E-state index contributed by atoms with van der Waals surface area (Å²) in [4.78, 5) is 24.8. The van der Waals surface area contributed by atoms with Crippen molar-refractivity contribution in [2.45, 2.75) is 39.3 Å². The number of guanidine groups is 1. The van der Waals surface area contributed by atoms with E-state index in [4.69, 9.17) is 4.74 Å². The summed E-state index contributed by atoms with van der Waals surface area (Å²) in [5.74, 6) is 0.778. The second-order valence-corrected chi connectivity index (χ2v) is 7.84. The first-order valence-corrected chi connectivity index (χ1v) is 9.92. The molecule has 0 unspecified atom stereocenters. The summed E-state index contributed by atoms with van der Waals surface area (Å²) in [5, 5.41) is 6.60. The van der Waals surface area contributed by atoms with Crippen LogP contribution in [0.5, 0.6) is 0 Å². The van der Waals surface area contributed by atoms with Crippen molar-refractivity contribution in [2.24, 2.45) is 4.99 Å².